The predicted octanol–water partition coefficient (Wildman–Crippen LogP) is 4.45. The largest absolute Gasteiger partial charge is 0.336 e. The maximum atomic E-state index is 13.0. The zero-order chi connectivity index (χ0) is 24.7. The molecule has 2 amide bonds. The van der Waals surface area contributed by atoms with E-state index >= 15 is 0 Å². The molecule has 0 atom stereocenters. The maximum Gasteiger partial charge on any atom is 0.253 e. The van der Waals surface area contributed by atoms with Gasteiger partial charge in [-0.3, -0.25) is 19.4 Å². The molecular weight excluding hydrogens is 519 g/mol. The monoisotopic (exact) mass is 554 g/mol. The van der Waals surface area contributed by atoms with E-state index in [0.717, 1.165) is 65.4 Å². The zero-order valence-corrected chi connectivity index (χ0v) is 23.2. The van der Waals surface area contributed by atoms with Crippen LogP contribution < -0.4 is 0 Å². The summed E-state index contributed by atoms with van der Waals surface area (Å²) in [7, 11) is 0. The normalized spacial score (nSPS) is 16.3. The molecule has 6 nitrogen and oxygen atoms in total. The molecule has 3 aromatic rings. The lowest BCUT2D eigenvalue weighted by Crippen LogP contribution is -2.48. The van der Waals surface area contributed by atoms with Gasteiger partial charge >= 0.3 is 0 Å². The number of benzene rings is 3. The number of hydrogen-bond acceptors (Lipinski definition) is 4. The van der Waals surface area contributed by atoms with Crippen molar-refractivity contribution in [1.29, 1.82) is 0 Å². The molecule has 0 bridgehead atoms. The highest BCUT2D eigenvalue weighted by Gasteiger charge is 2.24. The third-order valence-electron chi connectivity index (χ3n) is 7.20. The van der Waals surface area contributed by atoms with Gasteiger partial charge in [0.25, 0.3) is 11.8 Å². The average molecular weight is 556 g/mol. The Kier molecular flexibility index (Phi) is 11.2. The summed E-state index contributed by atoms with van der Waals surface area (Å²) < 4.78 is 0. The SMILES string of the molecule is Cl.Cl.O=C(c1ccc(C(=O)N2CCN(Cc3ccccc3)CC2)cc1)N1CCN(Cc2ccccc2)CC1. The molecule has 202 valence electrons. The Morgan fingerprint density at radius 2 is 0.789 bits per heavy atom. The van der Waals surface area contributed by atoms with Crippen LogP contribution in [-0.2, 0) is 13.1 Å². The van der Waals surface area contributed by atoms with E-state index in [1.165, 1.54) is 11.1 Å². The molecule has 2 aliphatic rings. The first-order valence-electron chi connectivity index (χ1n) is 12.9. The second-order valence-corrected chi connectivity index (χ2v) is 9.69. The Labute approximate surface area is 238 Å². The summed E-state index contributed by atoms with van der Waals surface area (Å²) in [6, 6.07) is 28.1. The van der Waals surface area contributed by atoms with Gasteiger partial charge in [-0.1, -0.05) is 60.7 Å². The lowest BCUT2D eigenvalue weighted by Gasteiger charge is -2.35. The lowest BCUT2D eigenvalue weighted by molar-refractivity contribution is 0.0617. The van der Waals surface area contributed by atoms with E-state index in [1.54, 1.807) is 24.3 Å². The van der Waals surface area contributed by atoms with Crippen molar-refractivity contribution in [3.63, 3.8) is 0 Å². The molecule has 0 aliphatic carbocycles. The molecule has 8 heteroatoms. The van der Waals surface area contributed by atoms with Gasteiger partial charge in [0.1, 0.15) is 0 Å². The van der Waals surface area contributed by atoms with Gasteiger partial charge in [0.15, 0.2) is 0 Å². The van der Waals surface area contributed by atoms with Gasteiger partial charge in [0, 0.05) is 76.6 Å². The van der Waals surface area contributed by atoms with E-state index in [-0.39, 0.29) is 36.6 Å². The fraction of sp³-hybridized carbons (Fsp3) is 0.333. The molecular formula is C30H36Cl2N4O2. The second-order valence-electron chi connectivity index (χ2n) is 9.69. The van der Waals surface area contributed by atoms with Crippen molar-refractivity contribution in [2.45, 2.75) is 13.1 Å². The van der Waals surface area contributed by atoms with Crippen LogP contribution in [0.15, 0.2) is 84.9 Å². The van der Waals surface area contributed by atoms with Gasteiger partial charge in [0.05, 0.1) is 0 Å². The molecule has 0 radical (unpaired) electrons. The molecule has 38 heavy (non-hydrogen) atoms. The Balaban J connectivity index is 0.00000200. The molecule has 2 aliphatic heterocycles. The summed E-state index contributed by atoms with van der Waals surface area (Å²) in [5, 5.41) is 0. The quantitative estimate of drug-likeness (QED) is 0.451. The smallest absolute Gasteiger partial charge is 0.253 e. The van der Waals surface area contributed by atoms with Crippen molar-refractivity contribution in [2.75, 3.05) is 52.4 Å². The lowest BCUT2D eigenvalue weighted by atomic mass is 10.1. The van der Waals surface area contributed by atoms with Crippen LogP contribution in [0.5, 0.6) is 0 Å². The van der Waals surface area contributed by atoms with Gasteiger partial charge < -0.3 is 9.80 Å². The highest BCUT2D eigenvalue weighted by atomic mass is 35.5. The van der Waals surface area contributed by atoms with Crippen LogP contribution in [0.1, 0.15) is 31.8 Å². The summed E-state index contributed by atoms with van der Waals surface area (Å²) in [5.74, 6) is 0.0887. The Hall–Kier alpha value is -2.90. The standard InChI is InChI=1S/C30H34N4O2.2ClH/c35-29(33-19-15-31(16-20-33)23-25-7-3-1-4-8-25)27-11-13-28(14-12-27)30(36)34-21-17-32(18-22-34)24-26-9-5-2-6-10-26;;/h1-14H,15-24H2;2*1H. The first kappa shape index (κ1) is 29.7. The van der Waals surface area contributed by atoms with E-state index in [1.807, 2.05) is 21.9 Å². The van der Waals surface area contributed by atoms with E-state index in [2.05, 4.69) is 58.3 Å². The predicted molar refractivity (Wildman–Crippen MR) is 156 cm³/mol. The number of piperazine rings is 2. The fourth-order valence-corrected chi connectivity index (χ4v) is 5.02. The van der Waals surface area contributed by atoms with Crippen molar-refractivity contribution >= 4 is 36.6 Å². The number of amides is 2. The van der Waals surface area contributed by atoms with Crippen LogP contribution in [-0.4, -0.2) is 83.8 Å². The van der Waals surface area contributed by atoms with E-state index in [4.69, 9.17) is 0 Å². The molecule has 5 rings (SSSR count). The third-order valence-corrected chi connectivity index (χ3v) is 7.20. The molecule has 2 fully saturated rings. The van der Waals surface area contributed by atoms with Crippen molar-refractivity contribution in [2.24, 2.45) is 0 Å². The molecule has 0 aromatic heterocycles. The second kappa shape index (κ2) is 14.3. The molecule has 2 saturated heterocycles. The van der Waals surface area contributed by atoms with Gasteiger partial charge in [-0.2, -0.15) is 0 Å². The van der Waals surface area contributed by atoms with Crippen molar-refractivity contribution in [3.8, 4) is 0 Å². The summed E-state index contributed by atoms with van der Waals surface area (Å²) in [5.41, 5.74) is 3.90. The van der Waals surface area contributed by atoms with Crippen LogP contribution in [0.25, 0.3) is 0 Å². The number of carbonyl (C=O) groups excluding carboxylic acids is 2. The van der Waals surface area contributed by atoms with Crippen LogP contribution in [0.3, 0.4) is 0 Å². The minimum Gasteiger partial charge on any atom is -0.336 e. The van der Waals surface area contributed by atoms with Crippen LogP contribution in [0.2, 0.25) is 0 Å². The maximum absolute atomic E-state index is 13.0. The van der Waals surface area contributed by atoms with Crippen molar-refractivity contribution in [3.05, 3.63) is 107 Å². The van der Waals surface area contributed by atoms with Crippen LogP contribution in [0.4, 0.5) is 0 Å². The van der Waals surface area contributed by atoms with Gasteiger partial charge in [-0.25, -0.2) is 0 Å². The average Bonchev–Trinajstić information content (AvgIpc) is 2.94. The summed E-state index contributed by atoms with van der Waals surface area (Å²) in [6.45, 7) is 8.20. The van der Waals surface area contributed by atoms with E-state index in [9.17, 15) is 9.59 Å². The minimum atomic E-state index is 0. The zero-order valence-electron chi connectivity index (χ0n) is 21.6. The molecule has 0 saturated carbocycles. The topological polar surface area (TPSA) is 47.1 Å². The van der Waals surface area contributed by atoms with Crippen LogP contribution in [0, 0.1) is 0 Å². The van der Waals surface area contributed by atoms with Crippen molar-refractivity contribution < 1.29 is 9.59 Å². The molecule has 0 spiro atoms. The number of carbonyl (C=O) groups is 2. The Morgan fingerprint density at radius 3 is 1.11 bits per heavy atom. The number of hydrogen-bond donors (Lipinski definition) is 0. The third kappa shape index (κ3) is 7.58. The highest BCUT2D eigenvalue weighted by molar-refractivity contribution is 5.98. The minimum absolute atomic E-state index is 0. The highest BCUT2D eigenvalue weighted by Crippen LogP contribution is 2.15. The van der Waals surface area contributed by atoms with E-state index < -0.39 is 0 Å². The van der Waals surface area contributed by atoms with Gasteiger partial charge in [0.2, 0.25) is 0 Å². The van der Waals surface area contributed by atoms with Crippen molar-refractivity contribution in [1.82, 2.24) is 19.6 Å². The number of halogens is 2. The van der Waals surface area contributed by atoms with Gasteiger partial charge in [-0.05, 0) is 35.4 Å². The number of nitrogens with zero attached hydrogens (tertiary/aromatic N) is 4. The molecule has 0 N–H and O–H groups in total. The van der Waals surface area contributed by atoms with Crippen LogP contribution >= 0.6 is 24.8 Å². The number of rotatable bonds is 6. The van der Waals surface area contributed by atoms with E-state index in [0.29, 0.717) is 11.1 Å². The molecule has 2 heterocycles. The molecule has 3 aromatic carbocycles. The summed E-state index contributed by atoms with van der Waals surface area (Å²) in [4.78, 5) is 34.7. The Morgan fingerprint density at radius 1 is 0.474 bits per heavy atom. The first-order chi connectivity index (χ1) is 17.7. The molecule has 0 unspecified atom stereocenters. The van der Waals surface area contributed by atoms with Gasteiger partial charge in [-0.15, -0.1) is 24.8 Å². The summed E-state index contributed by atoms with van der Waals surface area (Å²) in [6.07, 6.45) is 0. The fourth-order valence-electron chi connectivity index (χ4n) is 5.02. The summed E-state index contributed by atoms with van der Waals surface area (Å²) >= 11 is 0. The Bertz CT molecular complexity index is 1050. The first-order valence-corrected chi connectivity index (χ1v) is 12.9.